The van der Waals surface area contributed by atoms with E-state index in [9.17, 15) is 0 Å². The van der Waals surface area contributed by atoms with Crippen LogP contribution in [-0.2, 0) is 0 Å². The Kier molecular flexibility index (Phi) is 3.64. The third-order valence-corrected chi connectivity index (χ3v) is 4.74. The molecule has 4 heteroatoms. The van der Waals surface area contributed by atoms with E-state index in [-0.39, 0.29) is 6.04 Å². The molecule has 2 aromatic rings. The number of nitrogens with zero attached hydrogens (tertiary/aromatic N) is 1. The summed E-state index contributed by atoms with van der Waals surface area (Å²) in [5, 5.41) is 3.17. The van der Waals surface area contributed by atoms with Gasteiger partial charge >= 0.3 is 0 Å². The first-order valence-corrected chi connectivity index (χ1v) is 7.64. The molecule has 1 aromatic carbocycles. The van der Waals surface area contributed by atoms with Gasteiger partial charge in [0.25, 0.3) is 0 Å². The SMILES string of the molecule is Cc1nc(C(NN)c2ccccc2C2CCC2)cs1. The monoisotopic (exact) mass is 273 g/mol. The Morgan fingerprint density at radius 1 is 1.37 bits per heavy atom. The summed E-state index contributed by atoms with van der Waals surface area (Å²) in [7, 11) is 0. The number of hydrazine groups is 1. The van der Waals surface area contributed by atoms with Crippen molar-refractivity contribution < 1.29 is 0 Å². The molecule has 3 nitrogen and oxygen atoms in total. The van der Waals surface area contributed by atoms with Crippen molar-refractivity contribution in [3.8, 4) is 0 Å². The second-order valence-corrected chi connectivity index (χ2v) is 6.21. The van der Waals surface area contributed by atoms with Gasteiger partial charge in [-0.3, -0.25) is 5.84 Å². The molecule has 100 valence electrons. The van der Waals surface area contributed by atoms with Crippen molar-refractivity contribution in [1.82, 2.24) is 10.4 Å². The van der Waals surface area contributed by atoms with Crippen molar-refractivity contribution in [3.05, 3.63) is 51.5 Å². The van der Waals surface area contributed by atoms with E-state index in [4.69, 9.17) is 5.84 Å². The Hall–Kier alpha value is -1.23. The molecule has 1 saturated carbocycles. The maximum absolute atomic E-state index is 5.79. The highest BCUT2D eigenvalue weighted by molar-refractivity contribution is 7.09. The molecule has 1 aliphatic rings. The third kappa shape index (κ3) is 2.43. The topological polar surface area (TPSA) is 50.9 Å². The molecule has 1 heterocycles. The molecule has 1 aliphatic carbocycles. The summed E-state index contributed by atoms with van der Waals surface area (Å²) >= 11 is 1.67. The van der Waals surface area contributed by atoms with Gasteiger partial charge in [0.15, 0.2) is 0 Å². The number of aryl methyl sites for hydroxylation is 1. The number of thiazole rings is 1. The summed E-state index contributed by atoms with van der Waals surface area (Å²) in [6.45, 7) is 2.03. The van der Waals surface area contributed by atoms with E-state index in [0.717, 1.165) is 10.7 Å². The molecule has 0 radical (unpaired) electrons. The lowest BCUT2D eigenvalue weighted by Crippen LogP contribution is -2.30. The minimum atomic E-state index is 0.00162. The third-order valence-electron chi connectivity index (χ3n) is 3.95. The molecule has 19 heavy (non-hydrogen) atoms. The quantitative estimate of drug-likeness (QED) is 0.664. The molecule has 0 aliphatic heterocycles. The largest absolute Gasteiger partial charge is 0.271 e. The fourth-order valence-corrected chi connectivity index (χ4v) is 3.35. The zero-order valence-corrected chi connectivity index (χ0v) is 11.9. The van der Waals surface area contributed by atoms with Crippen molar-refractivity contribution in [1.29, 1.82) is 0 Å². The molecular weight excluding hydrogens is 254 g/mol. The molecule has 1 atom stereocenters. The molecule has 0 spiro atoms. The molecule has 3 N–H and O–H groups in total. The molecule has 1 unspecified atom stereocenters. The zero-order chi connectivity index (χ0) is 13.2. The number of hydrogen-bond acceptors (Lipinski definition) is 4. The van der Waals surface area contributed by atoms with Crippen LogP contribution < -0.4 is 11.3 Å². The predicted octanol–water partition coefficient (Wildman–Crippen LogP) is 3.27. The van der Waals surface area contributed by atoms with E-state index in [2.05, 4.69) is 40.1 Å². The van der Waals surface area contributed by atoms with Crippen molar-refractivity contribution in [2.75, 3.05) is 0 Å². The van der Waals surface area contributed by atoms with E-state index >= 15 is 0 Å². The van der Waals surface area contributed by atoms with Gasteiger partial charge in [-0.2, -0.15) is 0 Å². The number of nitrogens with one attached hydrogen (secondary N) is 1. The Labute approximate surface area is 117 Å². The predicted molar refractivity (Wildman–Crippen MR) is 79.1 cm³/mol. The number of benzene rings is 1. The fraction of sp³-hybridized carbons (Fsp3) is 0.400. The highest BCUT2D eigenvalue weighted by atomic mass is 32.1. The summed E-state index contributed by atoms with van der Waals surface area (Å²) in [5.74, 6) is 6.49. The summed E-state index contributed by atoms with van der Waals surface area (Å²) in [4.78, 5) is 4.58. The number of rotatable bonds is 4. The van der Waals surface area contributed by atoms with Gasteiger partial charge in [0, 0.05) is 5.38 Å². The van der Waals surface area contributed by atoms with Crippen LogP contribution in [0.3, 0.4) is 0 Å². The van der Waals surface area contributed by atoms with Crippen LogP contribution in [0.5, 0.6) is 0 Å². The van der Waals surface area contributed by atoms with Crippen LogP contribution in [-0.4, -0.2) is 4.98 Å². The fourth-order valence-electron chi connectivity index (χ4n) is 2.71. The molecule has 1 fully saturated rings. The second-order valence-electron chi connectivity index (χ2n) is 5.15. The molecule has 0 bridgehead atoms. The van der Waals surface area contributed by atoms with Crippen molar-refractivity contribution in [3.63, 3.8) is 0 Å². The molecule has 0 saturated heterocycles. The Bertz CT molecular complexity index is 560. The number of aromatic nitrogens is 1. The van der Waals surface area contributed by atoms with Crippen LogP contribution in [0.1, 0.15) is 53.1 Å². The first kappa shape index (κ1) is 12.8. The van der Waals surface area contributed by atoms with Gasteiger partial charge in [-0.25, -0.2) is 10.4 Å². The van der Waals surface area contributed by atoms with Crippen LogP contribution in [0.25, 0.3) is 0 Å². The zero-order valence-electron chi connectivity index (χ0n) is 11.1. The molecule has 3 rings (SSSR count). The smallest absolute Gasteiger partial charge is 0.0898 e. The number of nitrogens with two attached hydrogens (primary N) is 1. The summed E-state index contributed by atoms with van der Waals surface area (Å²) in [6.07, 6.45) is 3.93. The van der Waals surface area contributed by atoms with Crippen LogP contribution in [0.15, 0.2) is 29.6 Å². The highest BCUT2D eigenvalue weighted by Gasteiger charge is 2.26. The van der Waals surface area contributed by atoms with Gasteiger partial charge in [0.05, 0.1) is 16.7 Å². The average Bonchev–Trinajstić information content (AvgIpc) is 2.77. The standard InChI is InChI=1S/C15H19N3S/c1-10-17-14(9-19-10)15(18-16)13-8-3-2-7-12(13)11-5-4-6-11/h2-3,7-9,11,15,18H,4-6,16H2,1H3. The second kappa shape index (κ2) is 5.41. The van der Waals surface area contributed by atoms with E-state index in [1.807, 2.05) is 6.92 Å². The maximum Gasteiger partial charge on any atom is 0.0898 e. The van der Waals surface area contributed by atoms with E-state index in [1.165, 1.54) is 30.4 Å². The van der Waals surface area contributed by atoms with E-state index in [0.29, 0.717) is 5.92 Å². The maximum atomic E-state index is 5.79. The molecule has 0 amide bonds. The average molecular weight is 273 g/mol. The summed E-state index contributed by atoms with van der Waals surface area (Å²) in [5.41, 5.74) is 6.67. The van der Waals surface area contributed by atoms with Crippen molar-refractivity contribution in [2.24, 2.45) is 5.84 Å². The van der Waals surface area contributed by atoms with Crippen LogP contribution in [0.2, 0.25) is 0 Å². The molecular formula is C15H19N3S. The minimum Gasteiger partial charge on any atom is -0.271 e. The van der Waals surface area contributed by atoms with Gasteiger partial charge in [-0.15, -0.1) is 11.3 Å². The van der Waals surface area contributed by atoms with E-state index < -0.39 is 0 Å². The normalized spacial score (nSPS) is 17.2. The summed E-state index contributed by atoms with van der Waals surface area (Å²) < 4.78 is 0. The van der Waals surface area contributed by atoms with Crippen LogP contribution >= 0.6 is 11.3 Å². The van der Waals surface area contributed by atoms with E-state index in [1.54, 1.807) is 11.3 Å². The lowest BCUT2D eigenvalue weighted by atomic mass is 9.77. The number of hydrogen-bond donors (Lipinski definition) is 2. The Balaban J connectivity index is 1.99. The van der Waals surface area contributed by atoms with Gasteiger partial charge in [-0.05, 0) is 36.8 Å². The van der Waals surface area contributed by atoms with Crippen molar-refractivity contribution >= 4 is 11.3 Å². The minimum absolute atomic E-state index is 0.00162. The van der Waals surface area contributed by atoms with Gasteiger partial charge < -0.3 is 0 Å². The van der Waals surface area contributed by atoms with Crippen LogP contribution in [0.4, 0.5) is 0 Å². The Morgan fingerprint density at radius 3 is 2.74 bits per heavy atom. The first-order chi connectivity index (χ1) is 9.29. The van der Waals surface area contributed by atoms with Crippen molar-refractivity contribution in [2.45, 2.75) is 38.1 Å². The Morgan fingerprint density at radius 2 is 2.16 bits per heavy atom. The van der Waals surface area contributed by atoms with Gasteiger partial charge in [-0.1, -0.05) is 30.7 Å². The van der Waals surface area contributed by atoms with Gasteiger partial charge in [0.1, 0.15) is 0 Å². The molecule has 1 aromatic heterocycles. The summed E-state index contributed by atoms with van der Waals surface area (Å²) in [6, 6.07) is 8.62. The lowest BCUT2D eigenvalue weighted by molar-refractivity contribution is 0.414. The highest BCUT2D eigenvalue weighted by Crippen LogP contribution is 2.40. The first-order valence-electron chi connectivity index (χ1n) is 6.76. The lowest BCUT2D eigenvalue weighted by Gasteiger charge is -2.30. The van der Waals surface area contributed by atoms with Crippen LogP contribution in [0, 0.1) is 6.92 Å². The van der Waals surface area contributed by atoms with Gasteiger partial charge in [0.2, 0.25) is 0 Å².